The van der Waals surface area contributed by atoms with Gasteiger partial charge in [-0.1, -0.05) is 0 Å². The molecule has 25 heavy (non-hydrogen) atoms. The first-order valence-corrected chi connectivity index (χ1v) is 9.31. The van der Waals surface area contributed by atoms with Crippen molar-refractivity contribution in [3.8, 4) is 0 Å². The van der Waals surface area contributed by atoms with Crippen molar-refractivity contribution < 1.29 is 44.5 Å². The van der Waals surface area contributed by atoms with Crippen molar-refractivity contribution in [1.82, 2.24) is 0 Å². The van der Waals surface area contributed by atoms with Crippen molar-refractivity contribution in [2.45, 2.75) is 56.1 Å². The Labute approximate surface area is 140 Å². The maximum atomic E-state index is 13.6. The summed E-state index contributed by atoms with van der Waals surface area (Å²) in [7, 11) is -6.42. The summed E-state index contributed by atoms with van der Waals surface area (Å²) in [6.45, 7) is 0. The summed E-state index contributed by atoms with van der Waals surface area (Å²) in [6, 6.07) is 0. The van der Waals surface area contributed by atoms with Crippen LogP contribution in [0.3, 0.4) is 0 Å². The van der Waals surface area contributed by atoms with Crippen molar-refractivity contribution in [1.29, 1.82) is 0 Å². The minimum absolute atomic E-state index is 0.144. The molecule has 11 heteroatoms. The fourth-order valence-corrected chi connectivity index (χ4v) is 5.51. The second-order valence-electron chi connectivity index (χ2n) is 7.56. The number of hydrogen-bond acceptors (Lipinski definition) is 4. The molecular formula is C14H17F5O5S. The monoisotopic (exact) mass is 392 g/mol. The molecule has 0 aromatic rings. The lowest BCUT2D eigenvalue weighted by Crippen LogP contribution is -2.56. The zero-order valence-electron chi connectivity index (χ0n) is 12.9. The highest BCUT2D eigenvalue weighted by Crippen LogP contribution is 2.60. The number of halogens is 5. The number of hydrogen-bond donors (Lipinski definition) is 1. The van der Waals surface area contributed by atoms with Crippen LogP contribution in [0.1, 0.15) is 38.5 Å². The number of alkyl halides is 5. The molecule has 4 fully saturated rings. The molecule has 0 aromatic heterocycles. The molecule has 4 bridgehead atoms. The zero-order valence-corrected chi connectivity index (χ0v) is 13.7. The van der Waals surface area contributed by atoms with E-state index in [0.29, 0.717) is 0 Å². The minimum Gasteiger partial charge on any atom is -0.444 e. The molecule has 144 valence electrons. The van der Waals surface area contributed by atoms with Gasteiger partial charge in [0.2, 0.25) is 0 Å². The van der Waals surface area contributed by atoms with E-state index in [1.165, 1.54) is 0 Å². The van der Waals surface area contributed by atoms with Crippen molar-refractivity contribution >= 4 is 16.1 Å². The molecule has 0 aromatic carbocycles. The number of ether oxygens (including phenoxy) is 1. The Morgan fingerprint density at radius 1 is 1.00 bits per heavy atom. The van der Waals surface area contributed by atoms with Gasteiger partial charge in [-0.25, -0.2) is 0 Å². The third kappa shape index (κ3) is 3.13. The van der Waals surface area contributed by atoms with Crippen LogP contribution in [0.25, 0.3) is 0 Å². The summed E-state index contributed by atoms with van der Waals surface area (Å²) in [5, 5.41) is -5.68. The van der Waals surface area contributed by atoms with E-state index in [0.717, 1.165) is 19.3 Å². The zero-order chi connectivity index (χ0) is 18.8. The van der Waals surface area contributed by atoms with Gasteiger partial charge in [-0.15, -0.1) is 0 Å². The Bertz CT molecular complexity index is 636. The Balaban J connectivity index is 1.87. The molecule has 1 N–H and O–H groups in total. The lowest BCUT2D eigenvalue weighted by atomic mass is 9.49. The van der Waals surface area contributed by atoms with Crippen LogP contribution in [0, 0.1) is 23.2 Å². The first-order chi connectivity index (χ1) is 11.2. The summed E-state index contributed by atoms with van der Waals surface area (Å²) in [5.74, 6) is -1.02. The number of esters is 1. The topological polar surface area (TPSA) is 80.7 Å². The van der Waals surface area contributed by atoms with E-state index in [9.17, 15) is 35.2 Å². The van der Waals surface area contributed by atoms with Gasteiger partial charge in [0.1, 0.15) is 0 Å². The molecule has 4 saturated carbocycles. The van der Waals surface area contributed by atoms with Gasteiger partial charge in [0.05, 0.1) is 5.41 Å². The van der Waals surface area contributed by atoms with Crippen molar-refractivity contribution in [2.75, 3.05) is 0 Å². The van der Waals surface area contributed by atoms with Gasteiger partial charge >= 0.3 is 27.5 Å². The maximum absolute atomic E-state index is 13.6. The van der Waals surface area contributed by atoms with Gasteiger partial charge < -0.3 is 4.74 Å². The van der Waals surface area contributed by atoms with Gasteiger partial charge in [0, 0.05) is 0 Å². The highest BCUT2D eigenvalue weighted by atomic mass is 32.2. The largest absolute Gasteiger partial charge is 0.444 e. The molecule has 0 amide bonds. The van der Waals surface area contributed by atoms with E-state index in [4.69, 9.17) is 4.55 Å². The van der Waals surface area contributed by atoms with E-state index in [1.54, 1.807) is 0 Å². The Morgan fingerprint density at radius 3 is 1.72 bits per heavy atom. The van der Waals surface area contributed by atoms with E-state index >= 15 is 0 Å². The van der Waals surface area contributed by atoms with Crippen LogP contribution in [-0.2, 0) is 19.6 Å². The van der Waals surface area contributed by atoms with Crippen molar-refractivity contribution in [3.05, 3.63) is 0 Å². The summed E-state index contributed by atoms with van der Waals surface area (Å²) in [5.41, 5.74) is -1.27. The maximum Gasteiger partial charge on any atom is 0.432 e. The molecule has 4 aliphatic carbocycles. The molecule has 1 atom stereocenters. The van der Waals surface area contributed by atoms with Crippen LogP contribution in [0.5, 0.6) is 0 Å². The second kappa shape index (κ2) is 5.51. The Hall–Kier alpha value is -0.970. The first kappa shape index (κ1) is 18.8. The smallest absolute Gasteiger partial charge is 0.432 e. The van der Waals surface area contributed by atoms with E-state index in [2.05, 4.69) is 4.74 Å². The molecule has 5 nitrogen and oxygen atoms in total. The summed E-state index contributed by atoms with van der Waals surface area (Å²) in [4.78, 5) is 12.4. The molecule has 0 saturated heterocycles. The fraction of sp³-hybridized carbons (Fsp3) is 0.929. The predicted octanol–water partition coefficient (Wildman–Crippen LogP) is 3.16. The highest BCUT2D eigenvalue weighted by Gasteiger charge is 2.67. The molecule has 0 heterocycles. The SMILES string of the molecule is O=C(OC(C(F)(F)F)C(F)(F)S(=O)(=O)O)C12CC3CC(CC(C3)C1)C2. The minimum atomic E-state index is -6.42. The van der Waals surface area contributed by atoms with E-state index in [1.807, 2.05) is 0 Å². The fourth-order valence-electron chi connectivity index (χ4n) is 5.05. The molecule has 4 aliphatic rings. The van der Waals surface area contributed by atoms with Gasteiger partial charge in [-0.2, -0.15) is 30.4 Å². The molecular weight excluding hydrogens is 375 g/mol. The van der Waals surface area contributed by atoms with Gasteiger partial charge in [-0.05, 0) is 56.3 Å². The average Bonchev–Trinajstić information content (AvgIpc) is 2.40. The molecule has 0 aliphatic heterocycles. The Kier molecular flexibility index (Phi) is 4.15. The first-order valence-electron chi connectivity index (χ1n) is 7.87. The van der Waals surface area contributed by atoms with Crippen LogP contribution < -0.4 is 0 Å². The summed E-state index contributed by atoms with van der Waals surface area (Å²) < 4.78 is 99.9. The number of carbonyl (C=O) groups excluding carboxylic acids is 1. The third-order valence-corrected chi connectivity index (χ3v) is 6.54. The van der Waals surface area contributed by atoms with Crippen molar-refractivity contribution in [3.63, 3.8) is 0 Å². The standard InChI is InChI=1S/C14H17F5O5S/c15-13(16,17)10(14(18,19)25(21,22)23)24-11(20)12-4-7-1-8(5-12)3-9(2-7)6-12/h7-10H,1-6H2,(H,21,22,23). The lowest BCUT2D eigenvalue weighted by molar-refractivity contribution is -0.266. The van der Waals surface area contributed by atoms with Gasteiger partial charge in [0.15, 0.2) is 0 Å². The molecule has 4 rings (SSSR count). The van der Waals surface area contributed by atoms with Crippen LogP contribution in [0.2, 0.25) is 0 Å². The van der Waals surface area contributed by atoms with Crippen LogP contribution >= 0.6 is 0 Å². The Morgan fingerprint density at radius 2 is 1.40 bits per heavy atom. The quantitative estimate of drug-likeness (QED) is 0.452. The van der Waals surface area contributed by atoms with E-state index < -0.39 is 39.0 Å². The van der Waals surface area contributed by atoms with Gasteiger partial charge in [0.25, 0.3) is 6.10 Å². The van der Waals surface area contributed by atoms with Crippen LogP contribution in [0.4, 0.5) is 22.0 Å². The second-order valence-corrected chi connectivity index (χ2v) is 9.06. The molecule has 0 spiro atoms. The number of rotatable bonds is 4. The van der Waals surface area contributed by atoms with Crippen LogP contribution in [0.15, 0.2) is 0 Å². The predicted molar refractivity (Wildman–Crippen MR) is 73.0 cm³/mol. The average molecular weight is 392 g/mol. The lowest BCUT2D eigenvalue weighted by Gasteiger charge is -2.55. The molecule has 0 radical (unpaired) electrons. The van der Waals surface area contributed by atoms with Crippen molar-refractivity contribution in [2.24, 2.45) is 23.2 Å². The number of carbonyl (C=O) groups is 1. The summed E-state index contributed by atoms with van der Waals surface area (Å²) in [6.07, 6.45) is -6.73. The highest BCUT2D eigenvalue weighted by molar-refractivity contribution is 7.86. The van der Waals surface area contributed by atoms with E-state index in [-0.39, 0.29) is 37.0 Å². The third-order valence-electron chi connectivity index (χ3n) is 5.64. The normalized spacial score (nSPS) is 36.3. The summed E-state index contributed by atoms with van der Waals surface area (Å²) >= 11 is 0. The van der Waals surface area contributed by atoms with Gasteiger partial charge in [-0.3, -0.25) is 9.35 Å². The van der Waals surface area contributed by atoms with Crippen LogP contribution in [-0.4, -0.2) is 36.5 Å². The molecule has 1 unspecified atom stereocenters.